The van der Waals surface area contributed by atoms with Crippen molar-refractivity contribution in [2.75, 3.05) is 11.1 Å². The minimum absolute atomic E-state index is 0.166. The van der Waals surface area contributed by atoms with E-state index in [0.29, 0.717) is 11.6 Å². The van der Waals surface area contributed by atoms with Crippen molar-refractivity contribution >= 4 is 29.1 Å². The fraction of sp³-hybridized carbons (Fsp3) is 0.111. The van der Waals surface area contributed by atoms with Gasteiger partial charge in [-0.25, -0.2) is 9.50 Å². The Morgan fingerprint density at radius 1 is 1.23 bits per heavy atom. The van der Waals surface area contributed by atoms with Crippen LogP contribution in [0.25, 0.3) is 16.9 Å². The second kappa shape index (κ2) is 7.01. The number of amides is 1. The highest BCUT2D eigenvalue weighted by molar-refractivity contribution is 7.99. The van der Waals surface area contributed by atoms with Crippen LogP contribution in [0.1, 0.15) is 5.76 Å². The molecule has 3 aromatic heterocycles. The van der Waals surface area contributed by atoms with Crippen molar-refractivity contribution in [1.82, 2.24) is 19.8 Å². The molecule has 0 saturated carbocycles. The van der Waals surface area contributed by atoms with Crippen LogP contribution in [0.3, 0.4) is 0 Å². The Morgan fingerprint density at radius 2 is 2.08 bits per heavy atom. The lowest BCUT2D eigenvalue weighted by Gasteiger charge is -2.01. The fourth-order valence-electron chi connectivity index (χ4n) is 2.43. The molecule has 0 saturated heterocycles. The minimum Gasteiger partial charge on any atom is -0.360 e. The summed E-state index contributed by atoms with van der Waals surface area (Å²) in [5.41, 5.74) is 2.66. The Balaban J connectivity index is 1.44. The van der Waals surface area contributed by atoms with Gasteiger partial charge in [0.2, 0.25) is 5.91 Å². The van der Waals surface area contributed by atoms with Crippen LogP contribution < -0.4 is 5.32 Å². The Morgan fingerprint density at radius 3 is 2.85 bits per heavy atom. The molecule has 0 fully saturated rings. The maximum Gasteiger partial charge on any atom is 0.236 e. The number of rotatable bonds is 5. The van der Waals surface area contributed by atoms with Crippen molar-refractivity contribution in [1.29, 1.82) is 0 Å². The molecule has 1 aromatic carbocycles. The molecule has 130 valence electrons. The van der Waals surface area contributed by atoms with Crippen molar-refractivity contribution in [2.24, 2.45) is 0 Å². The maximum atomic E-state index is 12.0. The molecule has 7 nitrogen and oxygen atoms in total. The second-order valence-electron chi connectivity index (χ2n) is 5.63. The van der Waals surface area contributed by atoms with Crippen molar-refractivity contribution in [2.45, 2.75) is 11.9 Å². The summed E-state index contributed by atoms with van der Waals surface area (Å²) >= 11 is 1.34. The number of hydrogen-bond acceptors (Lipinski definition) is 6. The number of carbonyl (C=O) groups is 1. The van der Waals surface area contributed by atoms with Gasteiger partial charge in [-0.15, -0.1) is 0 Å². The second-order valence-corrected chi connectivity index (χ2v) is 6.62. The van der Waals surface area contributed by atoms with Crippen LogP contribution in [-0.2, 0) is 4.79 Å². The Hall–Kier alpha value is -3.13. The number of nitrogens with one attached hydrogen (secondary N) is 1. The average Bonchev–Trinajstić information content (AvgIpc) is 3.26. The molecule has 0 aliphatic carbocycles. The third kappa shape index (κ3) is 3.60. The zero-order valence-corrected chi connectivity index (χ0v) is 14.7. The van der Waals surface area contributed by atoms with E-state index >= 15 is 0 Å². The summed E-state index contributed by atoms with van der Waals surface area (Å²) in [5.74, 6) is 1.12. The molecule has 0 unspecified atom stereocenters. The standard InChI is InChI=1S/C18H15N5O2S/c1-12-9-15(22-25-12)20-17(24)11-26-18-8-7-16-19-14(10-23(16)21-18)13-5-3-2-4-6-13/h2-10H,11H2,1H3,(H,20,22,24). The van der Waals surface area contributed by atoms with Crippen LogP contribution in [-0.4, -0.2) is 31.4 Å². The van der Waals surface area contributed by atoms with E-state index in [9.17, 15) is 4.79 Å². The number of benzene rings is 1. The molecule has 0 spiro atoms. The highest BCUT2D eigenvalue weighted by Gasteiger charge is 2.09. The Kier molecular flexibility index (Phi) is 4.40. The third-order valence-corrected chi connectivity index (χ3v) is 4.53. The van der Waals surface area contributed by atoms with Gasteiger partial charge >= 0.3 is 0 Å². The molecule has 3 heterocycles. The molecule has 1 amide bonds. The number of aryl methyl sites for hydroxylation is 1. The first-order valence-corrected chi connectivity index (χ1v) is 8.94. The van der Waals surface area contributed by atoms with E-state index in [1.807, 2.05) is 48.7 Å². The monoisotopic (exact) mass is 365 g/mol. The molecular weight excluding hydrogens is 350 g/mol. The zero-order valence-electron chi connectivity index (χ0n) is 13.9. The lowest BCUT2D eigenvalue weighted by molar-refractivity contribution is -0.113. The van der Waals surface area contributed by atoms with Crippen molar-refractivity contribution in [3.8, 4) is 11.3 Å². The van der Waals surface area contributed by atoms with Gasteiger partial charge in [-0.2, -0.15) is 5.10 Å². The molecule has 8 heteroatoms. The van der Waals surface area contributed by atoms with Gasteiger partial charge in [0, 0.05) is 11.6 Å². The molecule has 1 N–H and O–H groups in total. The zero-order chi connectivity index (χ0) is 17.9. The van der Waals surface area contributed by atoms with E-state index < -0.39 is 0 Å². The fourth-order valence-corrected chi connectivity index (χ4v) is 3.09. The van der Waals surface area contributed by atoms with Crippen LogP contribution in [0, 0.1) is 6.92 Å². The third-order valence-electron chi connectivity index (χ3n) is 3.61. The predicted octanol–water partition coefficient (Wildman–Crippen LogP) is 3.42. The molecule has 26 heavy (non-hydrogen) atoms. The normalized spacial score (nSPS) is 11.0. The number of aromatic nitrogens is 4. The highest BCUT2D eigenvalue weighted by atomic mass is 32.2. The van der Waals surface area contributed by atoms with Crippen LogP contribution in [0.4, 0.5) is 5.82 Å². The van der Waals surface area contributed by atoms with Gasteiger partial charge in [0.15, 0.2) is 11.5 Å². The molecular formula is C18H15N5O2S. The predicted molar refractivity (Wildman–Crippen MR) is 99.0 cm³/mol. The summed E-state index contributed by atoms with van der Waals surface area (Å²) in [7, 11) is 0. The van der Waals surface area contributed by atoms with Crippen LogP contribution in [0.5, 0.6) is 0 Å². The Labute approximate surface area is 153 Å². The number of imidazole rings is 1. The van der Waals surface area contributed by atoms with E-state index in [2.05, 4.69) is 20.6 Å². The van der Waals surface area contributed by atoms with Crippen LogP contribution in [0.2, 0.25) is 0 Å². The lowest BCUT2D eigenvalue weighted by Crippen LogP contribution is -2.14. The van der Waals surface area contributed by atoms with Crippen LogP contribution >= 0.6 is 11.8 Å². The summed E-state index contributed by atoms with van der Waals surface area (Å²) in [6.45, 7) is 1.77. The first kappa shape index (κ1) is 16.3. The van der Waals surface area contributed by atoms with E-state index in [4.69, 9.17) is 4.52 Å². The topological polar surface area (TPSA) is 85.3 Å². The van der Waals surface area contributed by atoms with Gasteiger partial charge in [-0.1, -0.05) is 47.3 Å². The highest BCUT2D eigenvalue weighted by Crippen LogP contribution is 2.21. The molecule has 0 aliphatic rings. The molecule has 4 rings (SSSR count). The number of thioether (sulfide) groups is 1. The smallest absolute Gasteiger partial charge is 0.236 e. The van der Waals surface area contributed by atoms with Gasteiger partial charge in [-0.3, -0.25) is 4.79 Å². The molecule has 4 aromatic rings. The Bertz CT molecular complexity index is 1060. The quantitative estimate of drug-likeness (QED) is 0.546. The van der Waals surface area contributed by atoms with Gasteiger partial charge < -0.3 is 9.84 Å². The van der Waals surface area contributed by atoms with Crippen LogP contribution in [0.15, 0.2) is 64.3 Å². The largest absolute Gasteiger partial charge is 0.360 e. The summed E-state index contributed by atoms with van der Waals surface area (Å²) in [6.07, 6.45) is 1.88. The summed E-state index contributed by atoms with van der Waals surface area (Å²) in [5, 5.41) is 11.7. The number of fused-ring (bicyclic) bond motifs is 1. The molecule has 0 bridgehead atoms. The number of anilines is 1. The van der Waals surface area contributed by atoms with Gasteiger partial charge in [0.1, 0.15) is 10.8 Å². The van der Waals surface area contributed by atoms with Crippen molar-refractivity contribution in [3.05, 3.63) is 60.5 Å². The first-order valence-electron chi connectivity index (χ1n) is 7.95. The number of hydrogen-bond donors (Lipinski definition) is 1. The summed E-state index contributed by atoms with van der Waals surface area (Å²) in [6, 6.07) is 15.4. The number of nitrogens with zero attached hydrogens (tertiary/aromatic N) is 4. The van der Waals surface area contributed by atoms with Gasteiger partial charge in [0.05, 0.1) is 17.6 Å². The minimum atomic E-state index is -0.166. The lowest BCUT2D eigenvalue weighted by atomic mass is 10.2. The van der Waals surface area contributed by atoms with E-state index in [0.717, 1.165) is 21.9 Å². The summed E-state index contributed by atoms with van der Waals surface area (Å²) in [4.78, 5) is 16.6. The maximum absolute atomic E-state index is 12.0. The van der Waals surface area contributed by atoms with Crippen molar-refractivity contribution < 1.29 is 9.32 Å². The van der Waals surface area contributed by atoms with Gasteiger partial charge in [0.25, 0.3) is 0 Å². The SMILES string of the molecule is Cc1cc(NC(=O)CSc2ccc3nc(-c4ccccc4)cn3n2)no1. The van der Waals surface area contributed by atoms with Gasteiger partial charge in [-0.05, 0) is 19.1 Å². The average molecular weight is 365 g/mol. The molecule has 0 aliphatic heterocycles. The van der Waals surface area contributed by atoms with E-state index in [1.54, 1.807) is 17.5 Å². The summed E-state index contributed by atoms with van der Waals surface area (Å²) < 4.78 is 6.65. The molecule has 0 atom stereocenters. The van der Waals surface area contributed by atoms with Crippen molar-refractivity contribution in [3.63, 3.8) is 0 Å². The number of carbonyl (C=O) groups excluding carboxylic acids is 1. The van der Waals surface area contributed by atoms with E-state index in [-0.39, 0.29) is 11.7 Å². The first-order chi connectivity index (χ1) is 12.7. The molecule has 0 radical (unpaired) electrons. The van der Waals surface area contributed by atoms with E-state index in [1.165, 1.54) is 11.8 Å².